The Bertz CT molecular complexity index is 445. The fourth-order valence-corrected chi connectivity index (χ4v) is 1.52. The molecule has 0 radical (unpaired) electrons. The standard InChI is InChI=1S/C12H18N4O3/c1-4-13-12(19)9-5-6-10(15-14-9)16(8(2)3)7-11(17)18/h5-6,8H,4,7H2,1-3H3,(H,13,19)(H,17,18). The quantitative estimate of drug-likeness (QED) is 0.779. The lowest BCUT2D eigenvalue weighted by Crippen LogP contribution is -2.36. The van der Waals surface area contributed by atoms with Crippen molar-refractivity contribution in [2.45, 2.75) is 26.8 Å². The van der Waals surface area contributed by atoms with Crippen LogP contribution >= 0.6 is 0 Å². The Balaban J connectivity index is 2.89. The van der Waals surface area contributed by atoms with Gasteiger partial charge in [0.2, 0.25) is 0 Å². The number of amides is 1. The van der Waals surface area contributed by atoms with Crippen molar-refractivity contribution in [3.63, 3.8) is 0 Å². The lowest BCUT2D eigenvalue weighted by atomic mass is 10.3. The van der Waals surface area contributed by atoms with Crippen molar-refractivity contribution in [1.82, 2.24) is 15.5 Å². The van der Waals surface area contributed by atoms with E-state index < -0.39 is 5.97 Å². The summed E-state index contributed by atoms with van der Waals surface area (Å²) in [6.45, 7) is 5.89. The van der Waals surface area contributed by atoms with Gasteiger partial charge < -0.3 is 15.3 Å². The molecule has 2 N–H and O–H groups in total. The molecule has 0 aliphatic carbocycles. The van der Waals surface area contributed by atoms with Gasteiger partial charge in [0.25, 0.3) is 5.91 Å². The molecule has 0 aromatic carbocycles. The van der Waals surface area contributed by atoms with Gasteiger partial charge in [0, 0.05) is 12.6 Å². The van der Waals surface area contributed by atoms with Crippen LogP contribution in [0.25, 0.3) is 0 Å². The Kier molecular flexibility index (Phi) is 5.23. The van der Waals surface area contributed by atoms with Gasteiger partial charge in [0.1, 0.15) is 6.54 Å². The van der Waals surface area contributed by atoms with E-state index in [2.05, 4.69) is 15.5 Å². The van der Waals surface area contributed by atoms with E-state index in [0.29, 0.717) is 12.4 Å². The van der Waals surface area contributed by atoms with E-state index in [1.807, 2.05) is 20.8 Å². The highest BCUT2D eigenvalue weighted by Crippen LogP contribution is 2.12. The smallest absolute Gasteiger partial charge is 0.323 e. The average molecular weight is 266 g/mol. The Hall–Kier alpha value is -2.18. The third-order valence-electron chi connectivity index (χ3n) is 2.44. The van der Waals surface area contributed by atoms with E-state index in [4.69, 9.17) is 5.11 Å². The molecule has 0 spiro atoms. The molecule has 0 saturated carbocycles. The Labute approximate surface area is 111 Å². The predicted octanol–water partition coefficient (Wildman–Crippen LogP) is 0.526. The zero-order valence-corrected chi connectivity index (χ0v) is 11.3. The molecule has 0 saturated heterocycles. The maximum Gasteiger partial charge on any atom is 0.323 e. The molecular formula is C12H18N4O3. The number of carboxylic acid groups (broad SMARTS) is 1. The molecule has 1 rings (SSSR count). The molecule has 7 nitrogen and oxygen atoms in total. The van der Waals surface area contributed by atoms with Crippen LogP contribution in [0.2, 0.25) is 0 Å². The van der Waals surface area contributed by atoms with Crippen LogP contribution in [0.4, 0.5) is 5.82 Å². The van der Waals surface area contributed by atoms with Crippen molar-refractivity contribution < 1.29 is 14.7 Å². The fraction of sp³-hybridized carbons (Fsp3) is 0.500. The Morgan fingerprint density at radius 1 is 1.37 bits per heavy atom. The Morgan fingerprint density at radius 3 is 2.47 bits per heavy atom. The van der Waals surface area contributed by atoms with E-state index in [9.17, 15) is 9.59 Å². The van der Waals surface area contributed by atoms with Gasteiger partial charge in [-0.1, -0.05) is 0 Å². The Morgan fingerprint density at radius 2 is 2.05 bits per heavy atom. The first-order chi connectivity index (χ1) is 8.95. The van der Waals surface area contributed by atoms with Crippen molar-refractivity contribution in [2.75, 3.05) is 18.0 Å². The van der Waals surface area contributed by atoms with Crippen LogP contribution in [0.15, 0.2) is 12.1 Å². The van der Waals surface area contributed by atoms with Crippen molar-refractivity contribution in [3.05, 3.63) is 17.8 Å². The van der Waals surface area contributed by atoms with Crippen molar-refractivity contribution in [3.8, 4) is 0 Å². The van der Waals surface area contributed by atoms with Crippen LogP contribution in [0.5, 0.6) is 0 Å². The maximum absolute atomic E-state index is 11.5. The van der Waals surface area contributed by atoms with Crippen LogP contribution in [0.3, 0.4) is 0 Å². The molecule has 1 heterocycles. The van der Waals surface area contributed by atoms with E-state index in [1.54, 1.807) is 11.0 Å². The molecule has 0 bridgehead atoms. The number of anilines is 1. The van der Waals surface area contributed by atoms with Crippen molar-refractivity contribution >= 4 is 17.7 Å². The third kappa shape index (κ3) is 4.20. The molecule has 19 heavy (non-hydrogen) atoms. The molecule has 0 aliphatic heterocycles. The van der Waals surface area contributed by atoms with Gasteiger partial charge in [-0.3, -0.25) is 9.59 Å². The van der Waals surface area contributed by atoms with E-state index in [1.165, 1.54) is 6.07 Å². The van der Waals surface area contributed by atoms with Gasteiger partial charge in [-0.2, -0.15) is 0 Å². The maximum atomic E-state index is 11.5. The first-order valence-electron chi connectivity index (χ1n) is 6.06. The molecule has 0 fully saturated rings. The van der Waals surface area contributed by atoms with Crippen LogP contribution < -0.4 is 10.2 Å². The van der Waals surface area contributed by atoms with Gasteiger partial charge in [-0.15, -0.1) is 10.2 Å². The topological polar surface area (TPSA) is 95.4 Å². The minimum atomic E-state index is -0.941. The van der Waals surface area contributed by atoms with Crippen molar-refractivity contribution in [1.29, 1.82) is 0 Å². The number of nitrogens with zero attached hydrogens (tertiary/aromatic N) is 3. The summed E-state index contributed by atoms with van der Waals surface area (Å²) in [7, 11) is 0. The number of nitrogens with one attached hydrogen (secondary N) is 1. The summed E-state index contributed by atoms with van der Waals surface area (Å²) in [5.74, 6) is -0.801. The number of rotatable bonds is 6. The lowest BCUT2D eigenvalue weighted by Gasteiger charge is -2.25. The summed E-state index contributed by atoms with van der Waals surface area (Å²) in [6.07, 6.45) is 0. The lowest BCUT2D eigenvalue weighted by molar-refractivity contribution is -0.135. The minimum absolute atomic E-state index is 0.0271. The molecular weight excluding hydrogens is 248 g/mol. The molecule has 1 amide bonds. The summed E-state index contributed by atoms with van der Waals surface area (Å²) in [6, 6.07) is 3.10. The van der Waals surface area contributed by atoms with Gasteiger partial charge in [0.05, 0.1) is 0 Å². The van der Waals surface area contributed by atoms with Crippen molar-refractivity contribution in [2.24, 2.45) is 0 Å². The van der Waals surface area contributed by atoms with Gasteiger partial charge in [0.15, 0.2) is 11.5 Å². The monoisotopic (exact) mass is 266 g/mol. The zero-order valence-electron chi connectivity index (χ0n) is 11.3. The number of carbonyl (C=O) groups excluding carboxylic acids is 1. The number of carbonyl (C=O) groups is 2. The first kappa shape index (κ1) is 14.9. The summed E-state index contributed by atoms with van der Waals surface area (Å²) in [5, 5.41) is 19.2. The molecule has 1 aromatic heterocycles. The molecule has 0 aliphatic rings. The number of hydrogen-bond acceptors (Lipinski definition) is 5. The van der Waals surface area contributed by atoms with E-state index in [-0.39, 0.29) is 24.2 Å². The van der Waals surface area contributed by atoms with Gasteiger partial charge >= 0.3 is 5.97 Å². The summed E-state index contributed by atoms with van der Waals surface area (Å²) in [5.41, 5.74) is 0.213. The SMILES string of the molecule is CCNC(=O)c1ccc(N(CC(=O)O)C(C)C)nn1. The second kappa shape index (κ2) is 6.67. The van der Waals surface area contributed by atoms with E-state index >= 15 is 0 Å². The van der Waals surface area contributed by atoms with Crippen LogP contribution in [0, 0.1) is 0 Å². The second-order valence-corrected chi connectivity index (χ2v) is 4.25. The number of carboxylic acids is 1. The van der Waals surface area contributed by atoms with Gasteiger partial charge in [-0.25, -0.2) is 0 Å². The molecule has 0 unspecified atom stereocenters. The van der Waals surface area contributed by atoms with Crippen LogP contribution in [-0.2, 0) is 4.79 Å². The molecule has 7 heteroatoms. The third-order valence-corrected chi connectivity index (χ3v) is 2.44. The largest absolute Gasteiger partial charge is 0.480 e. The highest BCUT2D eigenvalue weighted by molar-refractivity contribution is 5.92. The van der Waals surface area contributed by atoms with Crippen LogP contribution in [-0.4, -0.2) is 46.3 Å². The predicted molar refractivity (Wildman–Crippen MR) is 70.2 cm³/mol. The zero-order chi connectivity index (χ0) is 14.4. The first-order valence-corrected chi connectivity index (χ1v) is 6.06. The van der Waals surface area contributed by atoms with Crippen LogP contribution in [0.1, 0.15) is 31.3 Å². The normalized spacial score (nSPS) is 10.3. The fourth-order valence-electron chi connectivity index (χ4n) is 1.52. The van der Waals surface area contributed by atoms with Gasteiger partial charge in [-0.05, 0) is 32.9 Å². The number of aromatic nitrogens is 2. The molecule has 0 atom stereocenters. The number of hydrogen-bond donors (Lipinski definition) is 2. The summed E-state index contributed by atoms with van der Waals surface area (Å²) in [4.78, 5) is 23.9. The molecule has 1 aromatic rings. The highest BCUT2D eigenvalue weighted by Gasteiger charge is 2.16. The minimum Gasteiger partial charge on any atom is -0.480 e. The summed E-state index contributed by atoms with van der Waals surface area (Å²) < 4.78 is 0. The summed E-state index contributed by atoms with van der Waals surface area (Å²) >= 11 is 0. The average Bonchev–Trinajstić information content (AvgIpc) is 2.36. The highest BCUT2D eigenvalue weighted by atomic mass is 16.4. The number of aliphatic carboxylic acids is 1. The second-order valence-electron chi connectivity index (χ2n) is 4.25. The van der Waals surface area contributed by atoms with E-state index in [0.717, 1.165) is 0 Å². The molecule has 104 valence electrons.